The molecule has 3 aromatic carbocycles. The van der Waals surface area contributed by atoms with E-state index in [0.29, 0.717) is 5.56 Å². The van der Waals surface area contributed by atoms with Gasteiger partial charge in [-0.15, -0.1) is 26.3 Å². The van der Waals surface area contributed by atoms with Crippen molar-refractivity contribution in [3.8, 4) is 11.5 Å². The molecule has 41 heavy (non-hydrogen) atoms. The molecule has 0 aliphatic rings. The summed E-state index contributed by atoms with van der Waals surface area (Å²) in [7, 11) is 0. The predicted octanol–water partition coefficient (Wildman–Crippen LogP) is 5.10. The van der Waals surface area contributed by atoms with Gasteiger partial charge in [0.05, 0.1) is 11.6 Å². The van der Waals surface area contributed by atoms with Gasteiger partial charge >= 0.3 is 24.7 Å². The molecule has 2 amide bonds. The molecule has 0 bridgehead atoms. The van der Waals surface area contributed by atoms with Crippen LogP contribution in [0.25, 0.3) is 0 Å². The molecule has 4 N–H and O–H groups in total. The van der Waals surface area contributed by atoms with Gasteiger partial charge in [-0.05, 0) is 47.9 Å². The Bertz CT molecular complexity index is 1290. The molecule has 3 aromatic rings. The zero-order valence-corrected chi connectivity index (χ0v) is 21.2. The summed E-state index contributed by atoms with van der Waals surface area (Å²) in [6.45, 7) is 1.10. The van der Waals surface area contributed by atoms with Crippen LogP contribution < -0.4 is 20.1 Å². The van der Waals surface area contributed by atoms with Crippen LogP contribution in [0.2, 0.25) is 0 Å². The van der Waals surface area contributed by atoms with E-state index >= 15 is 0 Å². The summed E-state index contributed by atoms with van der Waals surface area (Å²) < 4.78 is 86.4. The van der Waals surface area contributed by atoms with Crippen molar-refractivity contribution in [3.63, 3.8) is 0 Å². The number of benzene rings is 3. The van der Waals surface area contributed by atoms with Crippen molar-refractivity contribution in [2.45, 2.75) is 43.8 Å². The number of rotatable bonds is 10. The van der Waals surface area contributed by atoms with Gasteiger partial charge in [0.2, 0.25) is 0 Å². The topological polar surface area (TPSA) is 117 Å². The Morgan fingerprint density at radius 3 is 1.71 bits per heavy atom. The smallest absolute Gasteiger partial charge is 0.480 e. The molecule has 0 saturated carbocycles. The minimum atomic E-state index is -5.09. The molecule has 0 aliphatic carbocycles. The number of ether oxygens (including phenoxy) is 2. The first-order valence-electron chi connectivity index (χ1n) is 11.8. The average molecular weight is 586 g/mol. The van der Waals surface area contributed by atoms with Crippen molar-refractivity contribution in [2.75, 3.05) is 0 Å². The minimum absolute atomic E-state index is 0.0636. The average Bonchev–Trinajstić information content (AvgIpc) is 2.85. The second-order valence-corrected chi connectivity index (χ2v) is 8.87. The van der Waals surface area contributed by atoms with Crippen molar-refractivity contribution >= 4 is 12.0 Å². The van der Waals surface area contributed by atoms with Gasteiger partial charge in [-0.2, -0.15) is 0 Å². The molecule has 0 radical (unpaired) electrons. The zero-order valence-electron chi connectivity index (χ0n) is 21.2. The Hall–Kier alpha value is -4.46. The third-order valence-corrected chi connectivity index (χ3v) is 5.79. The molecular weight excluding hydrogens is 562 g/mol. The molecule has 0 aliphatic heterocycles. The van der Waals surface area contributed by atoms with Gasteiger partial charge in [-0.25, -0.2) is 9.59 Å². The number of urea groups is 1. The van der Waals surface area contributed by atoms with Gasteiger partial charge in [-0.3, -0.25) is 0 Å². The Labute approximate surface area is 229 Å². The summed E-state index contributed by atoms with van der Waals surface area (Å²) >= 11 is 0. The fourth-order valence-electron chi connectivity index (χ4n) is 4.14. The highest BCUT2D eigenvalue weighted by atomic mass is 19.4. The largest absolute Gasteiger partial charge is 0.573 e. The first-order valence-corrected chi connectivity index (χ1v) is 11.8. The molecule has 3 rings (SSSR count). The number of carbonyl (C=O) groups excluding carboxylic acids is 1. The Morgan fingerprint density at radius 1 is 0.805 bits per heavy atom. The lowest BCUT2D eigenvalue weighted by Gasteiger charge is -2.37. The van der Waals surface area contributed by atoms with Gasteiger partial charge in [0.25, 0.3) is 0 Å². The molecule has 14 heteroatoms. The van der Waals surface area contributed by atoms with Crippen LogP contribution in [0.15, 0.2) is 78.9 Å². The summed E-state index contributed by atoms with van der Waals surface area (Å²) in [5.41, 5.74) is -1.57. The van der Waals surface area contributed by atoms with Crippen molar-refractivity contribution in [1.82, 2.24) is 10.6 Å². The number of carbonyl (C=O) groups is 2. The van der Waals surface area contributed by atoms with E-state index in [4.69, 9.17) is 0 Å². The summed E-state index contributed by atoms with van der Waals surface area (Å²) in [4.78, 5) is 24.8. The summed E-state index contributed by atoms with van der Waals surface area (Å²) in [5.74, 6) is -2.97. The van der Waals surface area contributed by atoms with Gasteiger partial charge < -0.3 is 30.3 Å². The summed E-state index contributed by atoms with van der Waals surface area (Å²) in [5, 5.41) is 23.8. The van der Waals surface area contributed by atoms with E-state index in [1.165, 1.54) is 24.3 Å². The molecule has 0 spiro atoms. The standard InChI is InChI=1S/C27H24F6N2O6/c1-16(36)22(23(37)38)34-24(39)35-25(15-17-7-3-2-4-8-17,18-9-5-11-20(13-18)40-26(28,29)30)19-10-6-12-21(14-19)41-27(31,32)33/h2-14,16,22,36H,15H2,1H3,(H,37,38)(H2,34,35,39)/t16-,22+/m1/s1. The van der Waals surface area contributed by atoms with Gasteiger partial charge in [0.1, 0.15) is 11.5 Å². The number of hydrogen-bond acceptors (Lipinski definition) is 5. The molecule has 0 fully saturated rings. The lowest BCUT2D eigenvalue weighted by molar-refractivity contribution is -0.275. The summed E-state index contributed by atoms with van der Waals surface area (Å²) in [6.07, 6.45) is -12.0. The number of carboxylic acids is 1. The number of aliphatic hydroxyl groups excluding tert-OH is 1. The Kier molecular flexibility index (Phi) is 9.38. The lowest BCUT2D eigenvalue weighted by Crippen LogP contribution is -2.57. The summed E-state index contributed by atoms with van der Waals surface area (Å²) in [6, 6.07) is 14.0. The predicted molar refractivity (Wildman–Crippen MR) is 132 cm³/mol. The van der Waals surface area contributed by atoms with Gasteiger partial charge in [0, 0.05) is 6.42 Å². The number of nitrogens with one attached hydrogen (secondary N) is 2. The molecule has 2 atom stereocenters. The molecule has 0 unspecified atom stereocenters. The maximum absolute atomic E-state index is 13.2. The van der Waals surface area contributed by atoms with Crippen molar-refractivity contribution in [2.24, 2.45) is 0 Å². The number of halogens is 6. The van der Waals surface area contributed by atoms with E-state index in [0.717, 1.165) is 31.2 Å². The van der Waals surface area contributed by atoms with Gasteiger partial charge in [0.15, 0.2) is 6.04 Å². The minimum Gasteiger partial charge on any atom is -0.480 e. The molecule has 220 valence electrons. The molecule has 0 saturated heterocycles. The second-order valence-electron chi connectivity index (χ2n) is 8.87. The maximum Gasteiger partial charge on any atom is 0.573 e. The fourth-order valence-corrected chi connectivity index (χ4v) is 4.14. The number of hydrogen-bond donors (Lipinski definition) is 4. The lowest BCUT2D eigenvalue weighted by atomic mass is 9.77. The van der Waals surface area contributed by atoms with Crippen LogP contribution in [0, 0.1) is 0 Å². The van der Waals surface area contributed by atoms with E-state index in [1.54, 1.807) is 30.3 Å². The molecule has 8 nitrogen and oxygen atoms in total. The number of carboxylic acid groups (broad SMARTS) is 1. The quantitative estimate of drug-likeness (QED) is 0.246. The van der Waals surface area contributed by atoms with Crippen LogP contribution in [-0.4, -0.2) is 47.1 Å². The highest BCUT2D eigenvalue weighted by Gasteiger charge is 2.40. The van der Waals surface area contributed by atoms with Crippen LogP contribution in [0.4, 0.5) is 31.1 Å². The SMILES string of the molecule is C[C@@H](O)[C@H](NC(=O)NC(Cc1ccccc1)(c1cccc(OC(F)(F)F)c1)c1cccc(OC(F)(F)F)c1)C(=O)O. The van der Waals surface area contributed by atoms with Crippen molar-refractivity contribution in [3.05, 3.63) is 95.6 Å². The first kappa shape index (κ1) is 31.1. The maximum atomic E-state index is 13.2. The van der Waals surface area contributed by atoms with Crippen LogP contribution in [0.3, 0.4) is 0 Å². The van der Waals surface area contributed by atoms with E-state index < -0.39 is 53.9 Å². The number of aliphatic carboxylic acids is 1. The normalized spacial score (nSPS) is 13.6. The van der Waals surface area contributed by atoms with E-state index in [-0.39, 0.29) is 17.5 Å². The molecule has 0 heterocycles. The van der Waals surface area contributed by atoms with Gasteiger partial charge in [-0.1, -0.05) is 54.6 Å². The van der Waals surface area contributed by atoms with Crippen LogP contribution in [-0.2, 0) is 16.8 Å². The number of aliphatic hydroxyl groups is 1. The van der Waals surface area contributed by atoms with Crippen molar-refractivity contribution in [1.29, 1.82) is 0 Å². The third-order valence-electron chi connectivity index (χ3n) is 5.79. The van der Waals surface area contributed by atoms with Crippen LogP contribution in [0.5, 0.6) is 11.5 Å². The second kappa shape index (κ2) is 12.4. The number of alkyl halides is 6. The zero-order chi connectivity index (χ0) is 30.4. The number of amides is 2. The highest BCUT2D eigenvalue weighted by molar-refractivity contribution is 5.84. The van der Waals surface area contributed by atoms with Crippen LogP contribution >= 0.6 is 0 Å². The van der Waals surface area contributed by atoms with Crippen LogP contribution in [0.1, 0.15) is 23.6 Å². The van der Waals surface area contributed by atoms with E-state index in [9.17, 15) is 46.1 Å². The molecular formula is C27H24F6N2O6. The van der Waals surface area contributed by atoms with E-state index in [1.807, 2.05) is 0 Å². The monoisotopic (exact) mass is 586 g/mol. The fraction of sp³-hybridized carbons (Fsp3) is 0.259. The van der Waals surface area contributed by atoms with Crippen molar-refractivity contribution < 1.29 is 55.6 Å². The first-order chi connectivity index (χ1) is 19.1. The highest BCUT2D eigenvalue weighted by Crippen LogP contribution is 2.38. The Morgan fingerprint density at radius 2 is 1.29 bits per heavy atom. The molecule has 0 aromatic heterocycles. The Balaban J connectivity index is 2.25. The third kappa shape index (κ3) is 8.76. The van der Waals surface area contributed by atoms with E-state index in [2.05, 4.69) is 20.1 Å².